The molecule has 1 aliphatic heterocycles. The molecule has 0 aromatic heterocycles. The molecule has 0 radical (unpaired) electrons. The number of likely N-dealkylation sites (tertiary alicyclic amines) is 1. The number of hydrogen-bond acceptors (Lipinski definition) is 9. The van der Waals surface area contributed by atoms with Crippen LogP contribution in [-0.4, -0.2) is 99.9 Å². The Morgan fingerprint density at radius 1 is 1.12 bits per heavy atom. The number of primary amides is 1. The third-order valence-electron chi connectivity index (χ3n) is 5.02. The summed E-state index contributed by atoms with van der Waals surface area (Å²) >= 11 is 4.10. The fraction of sp³-hybridized carbons (Fsp3) is 0.722. The van der Waals surface area contributed by atoms with Crippen molar-refractivity contribution in [1.29, 1.82) is 0 Å². The van der Waals surface area contributed by atoms with E-state index in [1.807, 2.05) is 0 Å². The number of thiol groups is 1. The van der Waals surface area contributed by atoms with E-state index in [0.29, 0.717) is 12.8 Å². The number of carbonyl (C=O) groups excluding carboxylic acids is 5. The Kier molecular flexibility index (Phi) is 10.9. The normalized spacial score (nSPS) is 20.4. The molecule has 32 heavy (non-hydrogen) atoms. The molecule has 0 unspecified atom stereocenters. The van der Waals surface area contributed by atoms with Crippen LogP contribution in [0.2, 0.25) is 0 Å². The SMILES string of the molecule is C[C@H](NC(=O)[C@@H]1CCCN1C(=O)[C@H](CS)NC(=O)[C@@H](NC(=O)[C@@H](N)CO)[C@@H](C)O)C(N)=O. The van der Waals surface area contributed by atoms with Crippen molar-refractivity contribution < 1.29 is 34.2 Å². The quantitative estimate of drug-likeness (QED) is 0.136. The van der Waals surface area contributed by atoms with E-state index in [1.54, 1.807) is 0 Å². The predicted octanol–water partition coefficient (Wildman–Crippen LogP) is -4.43. The monoisotopic (exact) mass is 476 g/mol. The summed E-state index contributed by atoms with van der Waals surface area (Å²) in [6.07, 6.45) is -0.434. The van der Waals surface area contributed by atoms with Gasteiger partial charge in [-0.05, 0) is 26.7 Å². The Hall–Kier alpha value is -2.42. The van der Waals surface area contributed by atoms with Crippen molar-refractivity contribution in [2.24, 2.45) is 11.5 Å². The zero-order valence-electron chi connectivity index (χ0n) is 18.0. The summed E-state index contributed by atoms with van der Waals surface area (Å²) in [5.41, 5.74) is 10.6. The van der Waals surface area contributed by atoms with Gasteiger partial charge in [0.15, 0.2) is 0 Å². The highest BCUT2D eigenvalue weighted by atomic mass is 32.1. The molecule has 0 aliphatic carbocycles. The van der Waals surface area contributed by atoms with Crippen LogP contribution in [0.4, 0.5) is 0 Å². The molecule has 5 amide bonds. The van der Waals surface area contributed by atoms with Crippen LogP contribution in [0.3, 0.4) is 0 Å². The van der Waals surface area contributed by atoms with Crippen LogP contribution in [0.1, 0.15) is 26.7 Å². The summed E-state index contributed by atoms with van der Waals surface area (Å²) in [5.74, 6) is -3.69. The van der Waals surface area contributed by atoms with Crippen molar-refractivity contribution in [2.75, 3.05) is 18.9 Å². The molecule has 0 aromatic carbocycles. The van der Waals surface area contributed by atoms with Gasteiger partial charge in [0.2, 0.25) is 29.5 Å². The first-order valence-corrected chi connectivity index (χ1v) is 10.7. The van der Waals surface area contributed by atoms with Crippen molar-refractivity contribution in [1.82, 2.24) is 20.9 Å². The number of nitrogens with one attached hydrogen (secondary N) is 3. The molecule has 9 N–H and O–H groups in total. The molecule has 6 atom stereocenters. The lowest BCUT2D eigenvalue weighted by atomic mass is 10.1. The van der Waals surface area contributed by atoms with Gasteiger partial charge >= 0.3 is 0 Å². The number of amides is 5. The van der Waals surface area contributed by atoms with E-state index >= 15 is 0 Å². The van der Waals surface area contributed by atoms with Crippen LogP contribution in [-0.2, 0) is 24.0 Å². The van der Waals surface area contributed by atoms with Crippen LogP contribution in [0.15, 0.2) is 0 Å². The predicted molar refractivity (Wildman–Crippen MR) is 116 cm³/mol. The fourth-order valence-corrected chi connectivity index (χ4v) is 3.33. The Bertz CT molecular complexity index is 722. The first kappa shape index (κ1) is 27.6. The first-order valence-electron chi connectivity index (χ1n) is 10.1. The highest BCUT2D eigenvalue weighted by Gasteiger charge is 2.39. The van der Waals surface area contributed by atoms with Gasteiger partial charge in [-0.3, -0.25) is 24.0 Å². The third-order valence-corrected chi connectivity index (χ3v) is 5.38. The molecular formula is C18H32N6O7S. The second kappa shape index (κ2) is 12.6. The molecule has 13 nitrogen and oxygen atoms in total. The van der Waals surface area contributed by atoms with E-state index in [0.717, 1.165) is 0 Å². The fourth-order valence-electron chi connectivity index (χ4n) is 3.08. The smallest absolute Gasteiger partial charge is 0.246 e. The van der Waals surface area contributed by atoms with Gasteiger partial charge in [-0.15, -0.1) is 0 Å². The second-order valence-electron chi connectivity index (χ2n) is 7.58. The Morgan fingerprint density at radius 2 is 1.75 bits per heavy atom. The minimum Gasteiger partial charge on any atom is -0.394 e. The van der Waals surface area contributed by atoms with Gasteiger partial charge < -0.3 is 42.5 Å². The molecule has 14 heteroatoms. The minimum absolute atomic E-state index is 0.121. The second-order valence-corrected chi connectivity index (χ2v) is 7.95. The number of nitrogens with zero attached hydrogens (tertiary/aromatic N) is 1. The average molecular weight is 477 g/mol. The maximum atomic E-state index is 13.0. The molecule has 1 aliphatic rings. The number of aliphatic hydroxyl groups excluding tert-OH is 2. The largest absolute Gasteiger partial charge is 0.394 e. The van der Waals surface area contributed by atoms with Crippen LogP contribution in [0, 0.1) is 0 Å². The van der Waals surface area contributed by atoms with Crippen molar-refractivity contribution in [2.45, 2.75) is 63.0 Å². The summed E-state index contributed by atoms with van der Waals surface area (Å²) in [6.45, 7) is 2.27. The zero-order valence-corrected chi connectivity index (χ0v) is 18.9. The lowest BCUT2D eigenvalue weighted by molar-refractivity contribution is -0.142. The van der Waals surface area contributed by atoms with Crippen molar-refractivity contribution in [3.05, 3.63) is 0 Å². The van der Waals surface area contributed by atoms with Gasteiger partial charge in [-0.1, -0.05) is 0 Å². The maximum Gasteiger partial charge on any atom is 0.246 e. The Labute approximate surface area is 191 Å². The minimum atomic E-state index is -1.44. The number of hydrogen-bond donors (Lipinski definition) is 8. The van der Waals surface area contributed by atoms with Crippen LogP contribution in [0.5, 0.6) is 0 Å². The highest BCUT2D eigenvalue weighted by Crippen LogP contribution is 2.19. The molecule has 0 bridgehead atoms. The number of aliphatic hydroxyl groups is 2. The van der Waals surface area contributed by atoms with Crippen LogP contribution in [0.25, 0.3) is 0 Å². The number of nitrogens with two attached hydrogens (primary N) is 2. The van der Waals surface area contributed by atoms with Crippen LogP contribution < -0.4 is 27.4 Å². The highest BCUT2D eigenvalue weighted by molar-refractivity contribution is 7.80. The zero-order chi connectivity index (χ0) is 24.6. The molecule has 1 heterocycles. The number of carbonyl (C=O) groups is 5. The molecule has 0 aromatic rings. The summed E-state index contributed by atoms with van der Waals surface area (Å²) in [4.78, 5) is 62.5. The molecular weight excluding hydrogens is 444 g/mol. The summed E-state index contributed by atoms with van der Waals surface area (Å²) in [5, 5.41) is 25.9. The van der Waals surface area contributed by atoms with E-state index in [4.69, 9.17) is 16.6 Å². The van der Waals surface area contributed by atoms with E-state index in [9.17, 15) is 29.1 Å². The molecule has 182 valence electrons. The number of rotatable bonds is 11. The molecule has 0 saturated carbocycles. The lowest BCUT2D eigenvalue weighted by Gasteiger charge is -2.30. The standard InChI is InChI=1S/C18H32N6O7S/c1-8(14(20)27)21-16(29)12-4-3-5-24(12)18(31)11(7-32)22-17(30)13(9(2)26)23-15(28)10(19)6-25/h8-13,25-26,32H,3-7,19H2,1-2H3,(H2,20,27)(H,21,29)(H,22,30)(H,23,28)/t8-,9+,10-,11-,12-,13-/m0/s1. The van der Waals surface area contributed by atoms with E-state index < -0.39 is 72.5 Å². The van der Waals surface area contributed by atoms with Gasteiger partial charge in [0.25, 0.3) is 0 Å². The summed E-state index contributed by atoms with van der Waals surface area (Å²) < 4.78 is 0. The maximum absolute atomic E-state index is 13.0. The van der Waals surface area contributed by atoms with Crippen LogP contribution >= 0.6 is 12.6 Å². The average Bonchev–Trinajstić information content (AvgIpc) is 3.23. The summed E-state index contributed by atoms with van der Waals surface area (Å²) in [7, 11) is 0. The van der Waals surface area contributed by atoms with Crippen molar-refractivity contribution >= 4 is 42.2 Å². The lowest BCUT2D eigenvalue weighted by Crippen LogP contribution is -2.61. The summed E-state index contributed by atoms with van der Waals surface area (Å²) in [6, 6.07) is -5.65. The van der Waals surface area contributed by atoms with E-state index in [1.165, 1.54) is 18.7 Å². The van der Waals surface area contributed by atoms with Crippen molar-refractivity contribution in [3.63, 3.8) is 0 Å². The van der Waals surface area contributed by atoms with Gasteiger partial charge in [0, 0.05) is 12.3 Å². The van der Waals surface area contributed by atoms with Gasteiger partial charge in [-0.25, -0.2) is 0 Å². The molecule has 1 fully saturated rings. The van der Waals surface area contributed by atoms with E-state index in [-0.39, 0.29) is 12.3 Å². The van der Waals surface area contributed by atoms with Gasteiger partial charge in [0.05, 0.1) is 12.7 Å². The molecule has 0 spiro atoms. The molecule has 1 saturated heterocycles. The first-order chi connectivity index (χ1) is 14.9. The van der Waals surface area contributed by atoms with E-state index in [2.05, 4.69) is 28.6 Å². The van der Waals surface area contributed by atoms with Crippen molar-refractivity contribution in [3.8, 4) is 0 Å². The Balaban J connectivity index is 2.89. The third kappa shape index (κ3) is 7.32. The molecule has 1 rings (SSSR count). The van der Waals surface area contributed by atoms with Gasteiger partial charge in [-0.2, -0.15) is 12.6 Å². The topological polar surface area (TPSA) is 217 Å². The Morgan fingerprint density at radius 3 is 2.25 bits per heavy atom. The van der Waals surface area contributed by atoms with Gasteiger partial charge in [0.1, 0.15) is 30.2 Å².